The zero-order valence-corrected chi connectivity index (χ0v) is 34.2. The lowest BCUT2D eigenvalue weighted by Crippen LogP contribution is -2.14. The molecule has 0 aliphatic heterocycles. The molecule has 1 heterocycles. The minimum atomic E-state index is -0.0140. The Bertz CT molecular complexity index is 3750. The first-order valence-electron chi connectivity index (χ1n) is 21.0. The lowest BCUT2D eigenvalue weighted by atomic mass is 9.82. The van der Waals surface area contributed by atoms with Gasteiger partial charge in [0.05, 0.1) is 0 Å². The first-order chi connectivity index (χ1) is 29.5. The third-order valence-electron chi connectivity index (χ3n) is 13.6. The Morgan fingerprint density at radius 2 is 0.833 bits per heavy atom. The van der Waals surface area contributed by atoms with Crippen molar-refractivity contribution in [2.24, 2.45) is 0 Å². The van der Waals surface area contributed by atoms with Gasteiger partial charge in [-0.1, -0.05) is 178 Å². The van der Waals surface area contributed by atoms with Crippen LogP contribution < -0.4 is 0 Å². The summed E-state index contributed by atoms with van der Waals surface area (Å²) in [4.78, 5) is 0. The summed E-state index contributed by atoms with van der Waals surface area (Å²) in [6, 6.07) is 73.0. The fourth-order valence-electron chi connectivity index (χ4n) is 10.7. The van der Waals surface area contributed by atoms with Gasteiger partial charge in [0.1, 0.15) is 0 Å². The van der Waals surface area contributed by atoms with E-state index in [9.17, 15) is 0 Å². The van der Waals surface area contributed by atoms with Gasteiger partial charge >= 0.3 is 0 Å². The van der Waals surface area contributed by atoms with Gasteiger partial charge in [-0.15, -0.1) is 11.3 Å². The van der Waals surface area contributed by atoms with Gasteiger partial charge in [-0.05, 0) is 134 Å². The van der Waals surface area contributed by atoms with Gasteiger partial charge in [0, 0.05) is 31.0 Å². The summed E-state index contributed by atoms with van der Waals surface area (Å²) in [5.74, 6) is 0. The smallest absolute Gasteiger partial charge is 0.0434 e. The molecule has 0 unspecified atom stereocenters. The van der Waals surface area contributed by atoms with Crippen LogP contribution in [0.15, 0.2) is 194 Å². The molecule has 0 fully saturated rings. The quantitative estimate of drug-likeness (QED) is 0.157. The first kappa shape index (κ1) is 33.9. The van der Waals surface area contributed by atoms with Gasteiger partial charge in [-0.2, -0.15) is 0 Å². The molecule has 0 radical (unpaired) electrons. The molecule has 1 aliphatic rings. The molecule has 0 N–H and O–H groups in total. The van der Waals surface area contributed by atoms with Crippen molar-refractivity contribution >= 4 is 85.4 Å². The van der Waals surface area contributed by atoms with E-state index >= 15 is 0 Å². The second kappa shape index (κ2) is 12.5. The highest BCUT2D eigenvalue weighted by molar-refractivity contribution is 7.26. The van der Waals surface area contributed by atoms with E-state index in [0.29, 0.717) is 0 Å². The van der Waals surface area contributed by atoms with Crippen molar-refractivity contribution in [3.8, 4) is 44.5 Å². The highest BCUT2D eigenvalue weighted by Gasteiger charge is 2.36. The van der Waals surface area contributed by atoms with Crippen LogP contribution in [-0.4, -0.2) is 0 Å². The van der Waals surface area contributed by atoms with Gasteiger partial charge in [0.15, 0.2) is 0 Å². The molecule has 1 aliphatic carbocycles. The Morgan fingerprint density at radius 3 is 1.52 bits per heavy atom. The second-order valence-electron chi connectivity index (χ2n) is 17.2. The lowest BCUT2D eigenvalue weighted by molar-refractivity contribution is 0.661. The van der Waals surface area contributed by atoms with Crippen molar-refractivity contribution < 1.29 is 0 Å². The van der Waals surface area contributed by atoms with Gasteiger partial charge in [0.25, 0.3) is 0 Å². The van der Waals surface area contributed by atoms with Gasteiger partial charge in [-0.25, -0.2) is 0 Å². The Labute approximate surface area is 352 Å². The van der Waals surface area contributed by atoms with E-state index in [4.69, 9.17) is 0 Å². The van der Waals surface area contributed by atoms with Crippen LogP contribution in [0.3, 0.4) is 0 Å². The molecule has 60 heavy (non-hydrogen) atoms. The number of benzene rings is 11. The zero-order chi connectivity index (χ0) is 39.7. The third kappa shape index (κ3) is 4.79. The van der Waals surface area contributed by atoms with Gasteiger partial charge in [-0.3, -0.25) is 0 Å². The maximum absolute atomic E-state index is 2.43. The molecule has 0 saturated heterocycles. The molecule has 0 amide bonds. The van der Waals surface area contributed by atoms with Crippen molar-refractivity contribution in [1.82, 2.24) is 0 Å². The standard InChI is InChI=1S/C59H38S/c1-59(2)51-18-10-9-17-48(51)56-52(59)29-30-53-57(56)49-28-27-36-20-21-41(34-50(36)58(49)60-53)39-22-23-40-33-43(26-24-38(40)31-39)55-46-15-7-5-13-44(46)54(45-14-6-8-16-47(45)55)42-25-19-35-11-3-4-12-37(35)32-42/h3-34H,1-2H3. The molecular formula is C59H38S. The molecule has 280 valence electrons. The summed E-state index contributed by atoms with van der Waals surface area (Å²) in [6.07, 6.45) is 0. The summed E-state index contributed by atoms with van der Waals surface area (Å²) in [5, 5.41) is 15.5. The predicted molar refractivity (Wildman–Crippen MR) is 261 cm³/mol. The van der Waals surface area contributed by atoms with Crippen LogP contribution in [0.25, 0.3) is 119 Å². The van der Waals surface area contributed by atoms with Crippen molar-refractivity contribution in [3.63, 3.8) is 0 Å². The second-order valence-corrected chi connectivity index (χ2v) is 18.2. The summed E-state index contributed by atoms with van der Waals surface area (Å²) < 4.78 is 2.73. The van der Waals surface area contributed by atoms with E-state index in [1.165, 1.54) is 130 Å². The third-order valence-corrected chi connectivity index (χ3v) is 14.8. The molecule has 0 atom stereocenters. The van der Waals surface area contributed by atoms with Crippen LogP contribution >= 0.6 is 11.3 Å². The molecule has 1 aromatic heterocycles. The minimum absolute atomic E-state index is 0.0140. The highest BCUT2D eigenvalue weighted by Crippen LogP contribution is 2.54. The van der Waals surface area contributed by atoms with E-state index in [1.807, 2.05) is 11.3 Å². The molecule has 12 aromatic rings. The van der Waals surface area contributed by atoms with Crippen LogP contribution in [0.1, 0.15) is 25.0 Å². The Balaban J connectivity index is 0.937. The average Bonchev–Trinajstić information content (AvgIpc) is 3.79. The largest absolute Gasteiger partial charge is 0.135 e. The lowest BCUT2D eigenvalue weighted by Gasteiger charge is -2.21. The summed E-state index contributed by atoms with van der Waals surface area (Å²) in [7, 11) is 0. The number of hydrogen-bond donors (Lipinski definition) is 0. The Kier molecular flexibility index (Phi) is 7.04. The monoisotopic (exact) mass is 778 g/mol. The molecule has 11 aromatic carbocycles. The summed E-state index contributed by atoms with van der Waals surface area (Å²) in [6.45, 7) is 4.75. The molecule has 0 nitrogen and oxygen atoms in total. The molecule has 0 bridgehead atoms. The van der Waals surface area contributed by atoms with Crippen LogP contribution in [0.4, 0.5) is 0 Å². The van der Waals surface area contributed by atoms with E-state index < -0.39 is 0 Å². The Morgan fingerprint density at radius 1 is 0.333 bits per heavy atom. The van der Waals surface area contributed by atoms with Crippen molar-refractivity contribution in [1.29, 1.82) is 0 Å². The van der Waals surface area contributed by atoms with Crippen LogP contribution in [0.2, 0.25) is 0 Å². The molecular weight excluding hydrogens is 741 g/mol. The Hall–Kier alpha value is -7.06. The van der Waals surface area contributed by atoms with Crippen LogP contribution in [0.5, 0.6) is 0 Å². The summed E-state index contributed by atoms with van der Waals surface area (Å²) in [5.41, 5.74) is 13.2. The minimum Gasteiger partial charge on any atom is -0.135 e. The normalized spacial score (nSPS) is 13.3. The predicted octanol–water partition coefficient (Wildman–Crippen LogP) is 17.1. The number of rotatable bonds is 3. The van der Waals surface area contributed by atoms with Crippen LogP contribution in [-0.2, 0) is 5.41 Å². The van der Waals surface area contributed by atoms with E-state index in [0.717, 1.165) is 0 Å². The van der Waals surface area contributed by atoms with Crippen LogP contribution in [0, 0.1) is 0 Å². The number of thiophene rings is 1. The maximum Gasteiger partial charge on any atom is 0.0434 e. The van der Waals surface area contributed by atoms with Crippen molar-refractivity contribution in [2.45, 2.75) is 19.3 Å². The van der Waals surface area contributed by atoms with Gasteiger partial charge in [0.2, 0.25) is 0 Å². The zero-order valence-electron chi connectivity index (χ0n) is 33.4. The van der Waals surface area contributed by atoms with E-state index in [1.54, 1.807) is 0 Å². The topological polar surface area (TPSA) is 0 Å². The first-order valence-corrected chi connectivity index (χ1v) is 21.8. The average molecular weight is 779 g/mol. The molecule has 13 rings (SSSR count). The van der Waals surface area contributed by atoms with E-state index in [2.05, 4.69) is 208 Å². The van der Waals surface area contributed by atoms with E-state index in [-0.39, 0.29) is 5.41 Å². The van der Waals surface area contributed by atoms with Gasteiger partial charge < -0.3 is 0 Å². The number of hydrogen-bond acceptors (Lipinski definition) is 1. The van der Waals surface area contributed by atoms with Crippen molar-refractivity contribution in [3.05, 3.63) is 205 Å². The molecule has 1 heteroatoms. The summed E-state index contributed by atoms with van der Waals surface area (Å²) >= 11 is 1.94. The fourth-order valence-corrected chi connectivity index (χ4v) is 11.9. The fraction of sp³-hybridized carbons (Fsp3) is 0.0508. The highest BCUT2D eigenvalue weighted by atomic mass is 32.1. The number of fused-ring (bicyclic) bond motifs is 13. The maximum atomic E-state index is 2.43. The molecule has 0 spiro atoms. The van der Waals surface area contributed by atoms with Crippen molar-refractivity contribution in [2.75, 3.05) is 0 Å². The molecule has 0 saturated carbocycles. The SMILES string of the molecule is CC1(C)c2ccccc2-c2c1ccc1sc3c4cc(-c5ccc6cc(-c7c8ccccc8c(-c8ccc9ccccc9c8)c8ccccc78)ccc6c5)ccc4ccc3c21.